The summed E-state index contributed by atoms with van der Waals surface area (Å²) < 4.78 is 12.0. The highest BCUT2D eigenvalue weighted by Crippen LogP contribution is 2.29. The summed E-state index contributed by atoms with van der Waals surface area (Å²) >= 11 is 3.58. The maximum absolute atomic E-state index is 5.80. The molecule has 1 aliphatic heterocycles. The number of hydrazone groups is 1. The van der Waals surface area contributed by atoms with Crippen molar-refractivity contribution in [2.24, 2.45) is 10.1 Å². The van der Waals surface area contributed by atoms with Crippen molar-refractivity contribution in [3.63, 3.8) is 0 Å². The summed E-state index contributed by atoms with van der Waals surface area (Å²) in [5, 5.41) is 4.72. The van der Waals surface area contributed by atoms with Gasteiger partial charge < -0.3 is 9.47 Å². The number of rotatable bonds is 7. The van der Waals surface area contributed by atoms with Crippen LogP contribution in [0.3, 0.4) is 0 Å². The van der Waals surface area contributed by atoms with Gasteiger partial charge in [-0.15, -0.1) is 0 Å². The van der Waals surface area contributed by atoms with E-state index in [9.17, 15) is 0 Å². The molecule has 0 spiro atoms. The molecule has 1 aliphatic rings. The van der Waals surface area contributed by atoms with Crippen molar-refractivity contribution >= 4 is 33.2 Å². The molecule has 3 aromatic rings. The highest BCUT2D eigenvalue weighted by molar-refractivity contribution is 9.10. The van der Waals surface area contributed by atoms with E-state index >= 15 is 0 Å². The Morgan fingerprint density at radius 1 is 0.903 bits per heavy atom. The topological polar surface area (TPSA) is 55.2 Å². The normalized spacial score (nSPS) is 12.7. The van der Waals surface area contributed by atoms with Crippen LogP contribution in [-0.2, 0) is 0 Å². The van der Waals surface area contributed by atoms with Gasteiger partial charge in [-0.3, -0.25) is 5.43 Å². The van der Waals surface area contributed by atoms with Crippen LogP contribution in [0.15, 0.2) is 81.3 Å². The predicted molar refractivity (Wildman–Crippen MR) is 129 cm³/mol. The number of aliphatic imine (C=N–C) groups is 1. The summed E-state index contributed by atoms with van der Waals surface area (Å²) in [6.45, 7) is 2.88. The number of ether oxygens (including phenoxy) is 2. The van der Waals surface area contributed by atoms with Crippen LogP contribution in [-0.4, -0.2) is 25.3 Å². The number of amidine groups is 1. The molecule has 5 nitrogen and oxygen atoms in total. The van der Waals surface area contributed by atoms with Crippen molar-refractivity contribution < 1.29 is 9.47 Å². The molecule has 0 saturated heterocycles. The Morgan fingerprint density at radius 2 is 1.61 bits per heavy atom. The van der Waals surface area contributed by atoms with Gasteiger partial charge in [-0.25, -0.2) is 4.99 Å². The van der Waals surface area contributed by atoms with Crippen LogP contribution in [0.1, 0.15) is 36.5 Å². The standard InChI is InChI=1S/C25H24BrN3O2/c1-3-4-15-31-21-12-5-17(6-13-21)24-22-16-19(26)9-14-23(22)27-25(29-28-24)18-7-10-20(30-2)11-8-18/h5-14,16H,3-4,15H2,1-2H3,(H,27,29). The average Bonchev–Trinajstić information content (AvgIpc) is 2.99. The molecule has 0 radical (unpaired) electrons. The fraction of sp³-hybridized carbons (Fsp3) is 0.200. The lowest BCUT2D eigenvalue weighted by molar-refractivity contribution is 0.309. The molecule has 0 aliphatic carbocycles. The molecule has 1 heterocycles. The first-order chi connectivity index (χ1) is 15.2. The summed E-state index contributed by atoms with van der Waals surface area (Å²) in [5.74, 6) is 2.34. The van der Waals surface area contributed by atoms with Crippen molar-refractivity contribution in [3.8, 4) is 11.5 Å². The summed E-state index contributed by atoms with van der Waals surface area (Å²) in [4.78, 5) is 4.85. The van der Waals surface area contributed by atoms with Crippen LogP contribution < -0.4 is 14.9 Å². The number of fused-ring (bicyclic) bond motifs is 1. The second kappa shape index (κ2) is 9.79. The Balaban J connectivity index is 1.68. The highest BCUT2D eigenvalue weighted by atomic mass is 79.9. The van der Waals surface area contributed by atoms with Crippen LogP contribution in [0, 0.1) is 0 Å². The zero-order valence-corrected chi connectivity index (χ0v) is 19.1. The molecule has 31 heavy (non-hydrogen) atoms. The van der Waals surface area contributed by atoms with E-state index in [2.05, 4.69) is 28.3 Å². The van der Waals surface area contributed by atoms with Crippen molar-refractivity contribution in [1.82, 2.24) is 5.43 Å². The highest BCUT2D eigenvalue weighted by Gasteiger charge is 2.18. The fourth-order valence-electron chi connectivity index (χ4n) is 3.25. The van der Waals surface area contributed by atoms with Gasteiger partial charge in [-0.05, 0) is 73.2 Å². The maximum atomic E-state index is 5.80. The van der Waals surface area contributed by atoms with Crippen LogP contribution in [0.25, 0.3) is 0 Å². The minimum atomic E-state index is 0.681. The van der Waals surface area contributed by atoms with E-state index < -0.39 is 0 Å². The molecule has 4 rings (SSSR count). The average molecular weight is 478 g/mol. The van der Waals surface area contributed by atoms with Crippen molar-refractivity contribution in [2.45, 2.75) is 19.8 Å². The third-order valence-electron chi connectivity index (χ3n) is 4.98. The van der Waals surface area contributed by atoms with Gasteiger partial charge >= 0.3 is 0 Å². The zero-order valence-electron chi connectivity index (χ0n) is 17.6. The molecule has 1 N–H and O–H groups in total. The maximum Gasteiger partial charge on any atom is 0.154 e. The monoisotopic (exact) mass is 477 g/mol. The van der Waals surface area contributed by atoms with Gasteiger partial charge in [0, 0.05) is 21.2 Å². The largest absolute Gasteiger partial charge is 0.497 e. The molecule has 0 bridgehead atoms. The second-order valence-corrected chi connectivity index (χ2v) is 8.06. The smallest absolute Gasteiger partial charge is 0.154 e. The van der Waals surface area contributed by atoms with Gasteiger partial charge in [0.2, 0.25) is 0 Å². The number of unbranched alkanes of at least 4 members (excludes halogenated alkanes) is 1. The van der Waals surface area contributed by atoms with Crippen molar-refractivity contribution in [1.29, 1.82) is 0 Å². The lowest BCUT2D eigenvalue weighted by atomic mass is 10.0. The minimum Gasteiger partial charge on any atom is -0.497 e. The van der Waals surface area contributed by atoms with E-state index in [0.29, 0.717) is 5.84 Å². The molecule has 3 aromatic carbocycles. The quantitative estimate of drug-likeness (QED) is 0.420. The Morgan fingerprint density at radius 3 is 2.32 bits per heavy atom. The summed E-state index contributed by atoms with van der Waals surface area (Å²) in [6.07, 6.45) is 2.16. The van der Waals surface area contributed by atoms with Crippen molar-refractivity contribution in [2.75, 3.05) is 13.7 Å². The first kappa shape index (κ1) is 21.1. The number of hydrogen-bond acceptors (Lipinski definition) is 5. The number of methoxy groups -OCH3 is 1. The van der Waals surface area contributed by atoms with Crippen LogP contribution in [0.2, 0.25) is 0 Å². The van der Waals surface area contributed by atoms with E-state index in [0.717, 1.165) is 63.5 Å². The first-order valence-corrected chi connectivity index (χ1v) is 11.1. The summed E-state index contributed by atoms with van der Waals surface area (Å²) in [6, 6.07) is 21.8. The van der Waals surface area contributed by atoms with E-state index in [-0.39, 0.29) is 0 Å². The van der Waals surface area contributed by atoms with E-state index in [1.807, 2.05) is 66.7 Å². The zero-order chi connectivity index (χ0) is 21.6. The molecular weight excluding hydrogens is 454 g/mol. The Bertz CT molecular complexity index is 1110. The van der Waals surface area contributed by atoms with Crippen LogP contribution in [0.5, 0.6) is 11.5 Å². The predicted octanol–water partition coefficient (Wildman–Crippen LogP) is 6.07. The molecule has 0 atom stereocenters. The molecule has 0 amide bonds. The minimum absolute atomic E-state index is 0.681. The Labute approximate surface area is 190 Å². The van der Waals surface area contributed by atoms with Gasteiger partial charge in [0.25, 0.3) is 0 Å². The molecule has 158 valence electrons. The van der Waals surface area contributed by atoms with Gasteiger partial charge in [-0.1, -0.05) is 29.3 Å². The van der Waals surface area contributed by atoms with E-state index in [1.165, 1.54) is 0 Å². The van der Waals surface area contributed by atoms with Crippen molar-refractivity contribution in [3.05, 3.63) is 87.9 Å². The Kier molecular flexibility index (Phi) is 6.67. The SMILES string of the molecule is CCCCOc1ccc(C2=NNC(c3ccc(OC)cc3)=Nc3ccc(Br)cc32)cc1. The number of benzene rings is 3. The van der Waals surface area contributed by atoms with Gasteiger partial charge in [0.05, 0.1) is 19.4 Å². The molecule has 0 fully saturated rings. The summed E-state index contributed by atoms with van der Waals surface area (Å²) in [7, 11) is 1.65. The van der Waals surface area contributed by atoms with Gasteiger partial charge in [0.15, 0.2) is 5.84 Å². The lowest BCUT2D eigenvalue weighted by Crippen LogP contribution is -2.19. The van der Waals surface area contributed by atoms with Crippen LogP contribution >= 0.6 is 15.9 Å². The molecular formula is C25H24BrN3O2. The lowest BCUT2D eigenvalue weighted by Gasteiger charge is -2.10. The third kappa shape index (κ3) is 4.97. The van der Waals surface area contributed by atoms with Gasteiger partial charge in [0.1, 0.15) is 17.2 Å². The molecule has 6 heteroatoms. The second-order valence-electron chi connectivity index (χ2n) is 7.15. The molecule has 0 aromatic heterocycles. The fourth-order valence-corrected chi connectivity index (χ4v) is 3.61. The Hall–Kier alpha value is -3.12. The molecule has 0 saturated carbocycles. The number of hydrogen-bond donors (Lipinski definition) is 1. The molecule has 0 unspecified atom stereocenters. The van der Waals surface area contributed by atoms with E-state index in [4.69, 9.17) is 19.6 Å². The number of nitrogens with zero attached hydrogens (tertiary/aromatic N) is 2. The van der Waals surface area contributed by atoms with Crippen LogP contribution in [0.4, 0.5) is 5.69 Å². The number of nitrogens with one attached hydrogen (secondary N) is 1. The van der Waals surface area contributed by atoms with Gasteiger partial charge in [-0.2, -0.15) is 5.10 Å². The third-order valence-corrected chi connectivity index (χ3v) is 5.47. The number of halogens is 1. The first-order valence-electron chi connectivity index (χ1n) is 10.3. The summed E-state index contributed by atoms with van der Waals surface area (Å²) in [5.41, 5.74) is 7.69. The van der Waals surface area contributed by atoms with E-state index in [1.54, 1.807) is 7.11 Å².